The van der Waals surface area contributed by atoms with Crippen molar-refractivity contribution in [2.75, 3.05) is 42.3 Å². The Labute approximate surface area is 501 Å². The number of halogens is 7. The van der Waals surface area contributed by atoms with E-state index in [1.807, 2.05) is 57.2 Å². The molecular weight excluding hydrogens is 1210 g/mol. The maximum atomic E-state index is 12.9. The van der Waals surface area contributed by atoms with Gasteiger partial charge in [-0.15, -0.1) is 11.6 Å². The molecule has 2 amide bonds. The van der Waals surface area contributed by atoms with E-state index in [4.69, 9.17) is 60.6 Å². The van der Waals surface area contributed by atoms with E-state index >= 15 is 0 Å². The van der Waals surface area contributed by atoms with Crippen molar-refractivity contribution < 1.29 is 69.5 Å². The van der Waals surface area contributed by atoms with Gasteiger partial charge in [0.05, 0.1) is 67.8 Å². The fourth-order valence-corrected chi connectivity index (χ4v) is 9.91. The number of nitro groups is 1. The second kappa shape index (κ2) is 30.2. The van der Waals surface area contributed by atoms with E-state index in [1.54, 1.807) is 30.8 Å². The second-order valence-electron chi connectivity index (χ2n) is 19.2. The molecule has 84 heavy (non-hydrogen) atoms. The SMILES string of the molecule is CC(C)OC(=O)c1cc(-n2c(=O)cc(C(F)(F)F)n(C)c2=O)ccc1Cl.CC1COc2ccccc2N1C(=O)C(Cl)Cl.CCc1cccc(C)c1N(C(=O)CCl)C(C)COC.CS(=O)(=O)c1ccc(C(=O)C2C(=O)CCCC2=O)c([N+](=O)[O-])c1. The van der Waals surface area contributed by atoms with Crippen LogP contribution in [-0.2, 0) is 58.1 Å². The highest BCUT2D eigenvalue weighted by Gasteiger charge is 2.40. The monoisotopic (exact) mass is 1270 g/mol. The van der Waals surface area contributed by atoms with Crippen LogP contribution in [0.15, 0.2) is 99.4 Å². The molecule has 0 saturated heterocycles. The molecule has 28 heteroatoms. The number of nitrogens with zero attached hydrogens (tertiary/aromatic N) is 5. The predicted molar refractivity (Wildman–Crippen MR) is 310 cm³/mol. The summed E-state index contributed by atoms with van der Waals surface area (Å²) in [5, 5.41) is 11.2. The van der Waals surface area contributed by atoms with Crippen LogP contribution in [-0.4, -0.2) is 113 Å². The Hall–Kier alpha value is -6.96. The van der Waals surface area contributed by atoms with E-state index in [2.05, 4.69) is 13.0 Å². The number of ether oxygens (including phenoxy) is 3. The molecule has 1 fully saturated rings. The number of para-hydroxylation sites is 3. The normalized spacial score (nSPS) is 14.5. The Morgan fingerprint density at radius 1 is 0.917 bits per heavy atom. The van der Waals surface area contributed by atoms with Gasteiger partial charge in [0.25, 0.3) is 17.2 Å². The molecule has 1 aliphatic carbocycles. The number of hydrogen-bond acceptors (Lipinski definition) is 15. The molecule has 0 radical (unpaired) electrons. The molecule has 5 aromatic rings. The minimum Gasteiger partial charge on any atom is -0.489 e. The van der Waals surface area contributed by atoms with Crippen LogP contribution < -0.4 is 25.8 Å². The summed E-state index contributed by atoms with van der Waals surface area (Å²) >= 11 is 22.9. The van der Waals surface area contributed by atoms with E-state index in [-0.39, 0.29) is 63.8 Å². The lowest BCUT2D eigenvalue weighted by molar-refractivity contribution is -0.385. The van der Waals surface area contributed by atoms with E-state index in [1.165, 1.54) is 12.1 Å². The molecule has 0 spiro atoms. The minimum absolute atomic E-state index is 0.0104. The average molecular weight is 1270 g/mol. The summed E-state index contributed by atoms with van der Waals surface area (Å²) in [6.45, 7) is 12.1. The van der Waals surface area contributed by atoms with Crippen LogP contribution >= 0.6 is 46.4 Å². The van der Waals surface area contributed by atoms with Crippen molar-refractivity contribution in [3.63, 3.8) is 0 Å². The number of sulfone groups is 1. The van der Waals surface area contributed by atoms with Crippen molar-refractivity contribution in [2.24, 2.45) is 13.0 Å². The van der Waals surface area contributed by atoms with Crippen molar-refractivity contribution in [1.29, 1.82) is 0 Å². The molecule has 2 unspecified atom stereocenters. The molecule has 1 aliphatic heterocycles. The summed E-state index contributed by atoms with van der Waals surface area (Å²) in [5.41, 5.74) is -1.24. The Morgan fingerprint density at radius 2 is 1.55 bits per heavy atom. The van der Waals surface area contributed by atoms with Crippen LogP contribution in [0.3, 0.4) is 0 Å². The zero-order chi connectivity index (χ0) is 63.3. The summed E-state index contributed by atoms with van der Waals surface area (Å²) in [7, 11) is -1.17. The number of benzene rings is 4. The van der Waals surface area contributed by atoms with Gasteiger partial charge in [0.15, 0.2) is 32.0 Å². The third-order valence-electron chi connectivity index (χ3n) is 12.6. The van der Waals surface area contributed by atoms with E-state index in [0.29, 0.717) is 40.6 Å². The Bertz CT molecular complexity index is 3520. The Kier molecular flexibility index (Phi) is 25.0. The number of anilines is 2. The quantitative estimate of drug-likeness (QED) is 0.0250. The van der Waals surface area contributed by atoms with E-state index < -0.39 is 89.3 Å². The number of hydrogen-bond donors (Lipinski definition) is 0. The summed E-state index contributed by atoms with van der Waals surface area (Å²) in [6, 6.07) is 20.0. The van der Waals surface area contributed by atoms with Gasteiger partial charge in [-0.1, -0.05) is 72.1 Å². The highest BCUT2D eigenvalue weighted by atomic mass is 35.5. The lowest BCUT2D eigenvalue weighted by Gasteiger charge is -2.35. The topological polar surface area (TPSA) is 258 Å². The first-order valence-electron chi connectivity index (χ1n) is 25.5. The van der Waals surface area contributed by atoms with Crippen LogP contribution in [0.1, 0.15) is 91.4 Å². The molecule has 454 valence electrons. The summed E-state index contributed by atoms with van der Waals surface area (Å²) in [4.78, 5) is 109. The van der Waals surface area contributed by atoms with Crippen LogP contribution in [0.4, 0.5) is 30.2 Å². The number of aromatic nitrogens is 2. The van der Waals surface area contributed by atoms with Gasteiger partial charge in [-0.2, -0.15) is 13.2 Å². The van der Waals surface area contributed by atoms with Crippen LogP contribution in [0, 0.1) is 23.0 Å². The van der Waals surface area contributed by atoms with Gasteiger partial charge >= 0.3 is 17.8 Å². The number of carbonyl (C=O) groups excluding carboxylic acids is 6. The third kappa shape index (κ3) is 17.3. The van der Waals surface area contributed by atoms with Crippen LogP contribution in [0.5, 0.6) is 5.75 Å². The standard InChI is InChI=1S/C16H14ClF3N2O4.C15H22ClNO2.C14H13NO7S.C11H11Cl2NO2/c1-8(2)26-14(24)10-6-9(4-5-11(10)17)22-13(23)7-12(16(18,19)20)21(3)15(22)25;1-5-13-8-6-7-11(2)15(13)17(14(18)9-16)12(3)10-19-4;1-23(21,22)8-5-6-9(10(7-8)15(19)20)14(18)13-11(16)3-2-4-12(13)17;1-7-6-16-9-5-3-2-4-8(9)14(7)11(15)10(12)13/h4-8H,1-3H3;6-8,12H,5,9-10H2,1-4H3;5-7,13H,2-4H2,1H3;2-5,7,10H,6H2,1H3. The number of aryl methyl sites for hydroxylation is 2. The number of fused-ring (bicyclic) bond motifs is 1. The highest BCUT2D eigenvalue weighted by molar-refractivity contribution is 7.90. The number of methoxy groups -OCH3 is 1. The first-order chi connectivity index (χ1) is 39.2. The zero-order valence-electron chi connectivity index (χ0n) is 46.8. The predicted octanol–water partition coefficient (Wildman–Crippen LogP) is 9.66. The number of alkyl halides is 6. The van der Waals surface area contributed by atoms with Crippen molar-refractivity contribution >= 4 is 108 Å². The molecule has 4 aromatic carbocycles. The lowest BCUT2D eigenvalue weighted by atomic mass is 9.81. The number of esters is 1. The van der Waals surface area contributed by atoms with E-state index in [0.717, 1.165) is 66.5 Å². The van der Waals surface area contributed by atoms with Crippen molar-refractivity contribution in [3.8, 4) is 11.4 Å². The third-order valence-corrected chi connectivity index (χ3v) is 14.7. The van der Waals surface area contributed by atoms with Crippen molar-refractivity contribution in [2.45, 2.75) is 101 Å². The van der Waals surface area contributed by atoms with Crippen LogP contribution in [0.2, 0.25) is 5.02 Å². The Morgan fingerprint density at radius 3 is 2.10 bits per heavy atom. The summed E-state index contributed by atoms with van der Waals surface area (Å²) < 4.78 is 78.2. The number of rotatable bonds is 14. The van der Waals surface area contributed by atoms with Gasteiger partial charge in [-0.3, -0.25) is 43.4 Å². The van der Waals surface area contributed by atoms with Gasteiger partial charge in [0.2, 0.25) is 5.91 Å². The molecule has 0 bridgehead atoms. The largest absolute Gasteiger partial charge is 0.489 e. The number of amides is 2. The highest BCUT2D eigenvalue weighted by Crippen LogP contribution is 2.35. The molecule has 1 aromatic heterocycles. The first-order valence-corrected chi connectivity index (χ1v) is 29.2. The molecule has 2 atom stereocenters. The number of ketones is 3. The second-order valence-corrected chi connectivity index (χ2v) is 23.0. The average Bonchev–Trinajstić information content (AvgIpc) is 1.47. The van der Waals surface area contributed by atoms with Gasteiger partial charge < -0.3 is 24.0 Å². The van der Waals surface area contributed by atoms with E-state index in [9.17, 15) is 70.1 Å². The Balaban J connectivity index is 0.000000244. The number of Topliss-reactive ketones (excluding diaryl/α,β-unsaturated/α-hetero) is 3. The molecule has 1 saturated carbocycles. The molecule has 2 aliphatic rings. The fourth-order valence-electron chi connectivity index (χ4n) is 8.74. The van der Waals surface area contributed by atoms with Gasteiger partial charge in [0.1, 0.15) is 29.8 Å². The van der Waals surface area contributed by atoms with Gasteiger partial charge in [-0.05, 0) is 101 Å². The number of carbonyl (C=O) groups is 6. The van der Waals surface area contributed by atoms with Gasteiger partial charge in [0, 0.05) is 45.4 Å². The lowest BCUT2D eigenvalue weighted by Crippen LogP contribution is -2.47. The fraction of sp³-hybridized carbons (Fsp3) is 0.393. The molecule has 20 nitrogen and oxygen atoms in total. The maximum absolute atomic E-state index is 12.9. The maximum Gasteiger partial charge on any atom is 0.431 e. The first kappa shape index (κ1) is 69.5. The summed E-state index contributed by atoms with van der Waals surface area (Å²) in [6.07, 6.45) is -3.06. The zero-order valence-corrected chi connectivity index (χ0v) is 50.7. The van der Waals surface area contributed by atoms with Crippen LogP contribution in [0.25, 0.3) is 5.69 Å². The molecule has 0 N–H and O–H groups in total. The summed E-state index contributed by atoms with van der Waals surface area (Å²) in [5.74, 6) is -4.14. The van der Waals surface area contributed by atoms with Crippen molar-refractivity contribution in [1.82, 2.24) is 9.13 Å². The smallest absolute Gasteiger partial charge is 0.431 e. The number of nitro benzene ring substituents is 1. The molecule has 7 rings (SSSR count). The van der Waals surface area contributed by atoms with Gasteiger partial charge in [-0.25, -0.2) is 22.6 Å². The van der Waals surface area contributed by atoms with Crippen molar-refractivity contribution in [3.05, 3.63) is 149 Å². The minimum atomic E-state index is -4.86. The molecule has 2 heterocycles. The molecular formula is C56H60Cl4F3N5O15S.